The molecule has 3 rings (SSSR count). The fraction of sp³-hybridized carbons (Fsp3) is 0.583. The molecule has 1 saturated carbocycles. The second kappa shape index (κ2) is 9.57. The molecule has 1 aliphatic carbocycles. The summed E-state index contributed by atoms with van der Waals surface area (Å²) in [7, 11) is 6.07. The number of amides is 1. The van der Waals surface area contributed by atoms with Gasteiger partial charge in [0.1, 0.15) is 0 Å². The molecule has 5 nitrogen and oxygen atoms in total. The number of nitrogens with zero attached hydrogens (tertiary/aromatic N) is 4. The van der Waals surface area contributed by atoms with Gasteiger partial charge in [-0.15, -0.1) is 0 Å². The van der Waals surface area contributed by atoms with Crippen LogP contribution in [0.4, 0.5) is 0 Å². The highest BCUT2D eigenvalue weighted by atomic mass is 16.2. The monoisotopic (exact) mass is 396 g/mol. The Morgan fingerprint density at radius 2 is 1.83 bits per heavy atom. The lowest BCUT2D eigenvalue weighted by molar-refractivity contribution is -0.128. The molecule has 1 fully saturated rings. The van der Waals surface area contributed by atoms with Crippen LogP contribution in [0.3, 0.4) is 0 Å². The third kappa shape index (κ3) is 5.69. The molecule has 1 aliphatic rings. The lowest BCUT2D eigenvalue weighted by atomic mass is 9.80. The molecule has 1 heterocycles. The SMILES string of the molecule is CC(=O)N(C)Cc1cc(C2CCC(CN(C)Cc3ccccc3C)CC2)nn1C. The minimum absolute atomic E-state index is 0.0862. The molecule has 0 N–H and O–H groups in total. The van der Waals surface area contributed by atoms with Gasteiger partial charge in [0.15, 0.2) is 0 Å². The van der Waals surface area contributed by atoms with Crippen LogP contribution in [0.5, 0.6) is 0 Å². The van der Waals surface area contributed by atoms with Gasteiger partial charge in [0.25, 0.3) is 0 Å². The number of aromatic nitrogens is 2. The summed E-state index contributed by atoms with van der Waals surface area (Å²) in [5, 5.41) is 4.77. The van der Waals surface area contributed by atoms with E-state index in [-0.39, 0.29) is 5.91 Å². The molecule has 29 heavy (non-hydrogen) atoms. The van der Waals surface area contributed by atoms with Crippen molar-refractivity contribution in [2.45, 2.75) is 58.5 Å². The third-order valence-electron chi connectivity index (χ3n) is 6.47. The van der Waals surface area contributed by atoms with E-state index >= 15 is 0 Å². The molecule has 0 spiro atoms. The number of carbonyl (C=O) groups excluding carboxylic acids is 1. The first-order chi connectivity index (χ1) is 13.8. The molecule has 1 aromatic heterocycles. The van der Waals surface area contributed by atoms with Crippen LogP contribution in [-0.2, 0) is 24.9 Å². The van der Waals surface area contributed by atoms with Crippen molar-refractivity contribution in [2.24, 2.45) is 13.0 Å². The van der Waals surface area contributed by atoms with Crippen LogP contribution in [0.2, 0.25) is 0 Å². The zero-order valence-electron chi connectivity index (χ0n) is 18.7. The van der Waals surface area contributed by atoms with E-state index in [0.29, 0.717) is 12.5 Å². The van der Waals surface area contributed by atoms with Gasteiger partial charge in [-0.1, -0.05) is 24.3 Å². The molecule has 0 bridgehead atoms. The van der Waals surface area contributed by atoms with Crippen molar-refractivity contribution < 1.29 is 4.79 Å². The Morgan fingerprint density at radius 3 is 2.48 bits per heavy atom. The Hall–Kier alpha value is -2.14. The first-order valence-corrected chi connectivity index (χ1v) is 10.8. The lowest BCUT2D eigenvalue weighted by Gasteiger charge is -2.31. The fourth-order valence-electron chi connectivity index (χ4n) is 4.46. The zero-order valence-corrected chi connectivity index (χ0v) is 18.7. The van der Waals surface area contributed by atoms with Crippen molar-refractivity contribution >= 4 is 5.91 Å². The molecule has 0 unspecified atom stereocenters. The Balaban J connectivity index is 1.50. The molecule has 0 radical (unpaired) electrons. The maximum Gasteiger partial charge on any atom is 0.219 e. The van der Waals surface area contributed by atoms with Gasteiger partial charge in [-0.2, -0.15) is 5.10 Å². The Kier molecular flexibility index (Phi) is 7.12. The first-order valence-electron chi connectivity index (χ1n) is 10.8. The molecule has 1 aromatic carbocycles. The van der Waals surface area contributed by atoms with E-state index in [0.717, 1.165) is 24.7 Å². The molecular weight excluding hydrogens is 360 g/mol. The van der Waals surface area contributed by atoms with E-state index < -0.39 is 0 Å². The smallest absolute Gasteiger partial charge is 0.219 e. The molecule has 5 heteroatoms. The van der Waals surface area contributed by atoms with Crippen molar-refractivity contribution in [3.63, 3.8) is 0 Å². The van der Waals surface area contributed by atoms with E-state index in [1.807, 2.05) is 18.8 Å². The maximum atomic E-state index is 11.5. The average Bonchev–Trinajstić information content (AvgIpc) is 3.04. The predicted molar refractivity (Wildman–Crippen MR) is 118 cm³/mol. The minimum Gasteiger partial charge on any atom is -0.340 e. The fourth-order valence-corrected chi connectivity index (χ4v) is 4.46. The van der Waals surface area contributed by atoms with Crippen LogP contribution in [0, 0.1) is 12.8 Å². The lowest BCUT2D eigenvalue weighted by Crippen LogP contribution is -2.28. The van der Waals surface area contributed by atoms with E-state index in [1.165, 1.54) is 42.5 Å². The largest absolute Gasteiger partial charge is 0.340 e. The summed E-state index contributed by atoms with van der Waals surface area (Å²) >= 11 is 0. The van der Waals surface area contributed by atoms with Gasteiger partial charge >= 0.3 is 0 Å². The molecule has 2 aromatic rings. The van der Waals surface area contributed by atoms with E-state index in [1.54, 1.807) is 11.8 Å². The van der Waals surface area contributed by atoms with Gasteiger partial charge in [0, 0.05) is 40.0 Å². The number of carbonyl (C=O) groups is 1. The van der Waals surface area contributed by atoms with Gasteiger partial charge in [0.05, 0.1) is 17.9 Å². The van der Waals surface area contributed by atoms with E-state index in [2.05, 4.69) is 49.2 Å². The number of aryl methyl sites for hydroxylation is 2. The van der Waals surface area contributed by atoms with Crippen molar-refractivity contribution in [3.8, 4) is 0 Å². The predicted octanol–water partition coefficient (Wildman–Crippen LogP) is 4.11. The topological polar surface area (TPSA) is 41.4 Å². The summed E-state index contributed by atoms with van der Waals surface area (Å²) in [6.45, 7) is 6.62. The summed E-state index contributed by atoms with van der Waals surface area (Å²) in [5.74, 6) is 1.41. The van der Waals surface area contributed by atoms with Gasteiger partial charge in [-0.25, -0.2) is 0 Å². The van der Waals surface area contributed by atoms with Crippen molar-refractivity contribution in [1.29, 1.82) is 0 Å². The highest BCUT2D eigenvalue weighted by Gasteiger charge is 2.25. The highest BCUT2D eigenvalue weighted by Crippen LogP contribution is 2.36. The van der Waals surface area contributed by atoms with Gasteiger partial charge in [-0.3, -0.25) is 9.48 Å². The number of hydrogen-bond acceptors (Lipinski definition) is 3. The Morgan fingerprint density at radius 1 is 1.14 bits per heavy atom. The second-order valence-electron chi connectivity index (χ2n) is 8.90. The Bertz CT molecular complexity index is 820. The number of benzene rings is 1. The summed E-state index contributed by atoms with van der Waals surface area (Å²) in [6.07, 6.45) is 4.95. The van der Waals surface area contributed by atoms with Crippen molar-refractivity contribution in [3.05, 3.63) is 52.8 Å². The molecule has 158 valence electrons. The maximum absolute atomic E-state index is 11.5. The molecule has 0 aliphatic heterocycles. The molecule has 0 saturated heterocycles. The van der Waals surface area contributed by atoms with Crippen LogP contribution < -0.4 is 0 Å². The quantitative estimate of drug-likeness (QED) is 0.707. The van der Waals surface area contributed by atoms with Gasteiger partial charge < -0.3 is 9.80 Å². The summed E-state index contributed by atoms with van der Waals surface area (Å²) in [5.41, 5.74) is 5.12. The van der Waals surface area contributed by atoms with E-state index in [4.69, 9.17) is 5.10 Å². The van der Waals surface area contributed by atoms with Crippen LogP contribution in [-0.4, -0.2) is 46.1 Å². The number of hydrogen-bond donors (Lipinski definition) is 0. The minimum atomic E-state index is 0.0862. The molecule has 0 atom stereocenters. The van der Waals surface area contributed by atoms with Crippen LogP contribution in [0.15, 0.2) is 30.3 Å². The second-order valence-corrected chi connectivity index (χ2v) is 8.90. The average molecular weight is 397 g/mol. The van der Waals surface area contributed by atoms with Crippen LogP contribution in [0.1, 0.15) is 61.0 Å². The van der Waals surface area contributed by atoms with Crippen LogP contribution in [0.25, 0.3) is 0 Å². The van der Waals surface area contributed by atoms with Crippen LogP contribution >= 0.6 is 0 Å². The molecule has 1 amide bonds. The first kappa shape index (κ1) is 21.6. The molecular formula is C24H36N4O. The number of rotatable bonds is 7. The highest BCUT2D eigenvalue weighted by molar-refractivity contribution is 5.72. The summed E-state index contributed by atoms with van der Waals surface area (Å²) < 4.78 is 1.94. The van der Waals surface area contributed by atoms with Gasteiger partial charge in [-0.05, 0) is 62.8 Å². The van der Waals surface area contributed by atoms with Crippen molar-refractivity contribution in [2.75, 3.05) is 20.6 Å². The normalized spacial score (nSPS) is 19.5. The van der Waals surface area contributed by atoms with Crippen molar-refractivity contribution in [1.82, 2.24) is 19.6 Å². The zero-order chi connectivity index (χ0) is 21.0. The van der Waals surface area contributed by atoms with E-state index in [9.17, 15) is 4.79 Å². The standard InChI is InChI=1S/C24H36N4O/c1-18-8-6-7-9-22(18)16-26(3)15-20-10-12-21(13-11-20)24-14-23(28(5)25-24)17-27(4)19(2)29/h6-9,14,20-21H,10-13,15-17H2,1-5H3. The summed E-state index contributed by atoms with van der Waals surface area (Å²) in [4.78, 5) is 15.7. The summed E-state index contributed by atoms with van der Waals surface area (Å²) in [6, 6.07) is 10.9. The third-order valence-corrected chi connectivity index (χ3v) is 6.47. The Labute approximate surface area is 175 Å². The van der Waals surface area contributed by atoms with Gasteiger partial charge in [0.2, 0.25) is 5.91 Å².